The SMILES string of the molecule is Cc1ccc(CC(=O)c2cc(N3CCC(N4CCCC4)CC3)cc(C(F)(F)F)c2)cc1. The summed E-state index contributed by atoms with van der Waals surface area (Å²) < 4.78 is 40.7. The number of nitrogens with zero attached hydrogens (tertiary/aromatic N) is 2. The number of likely N-dealkylation sites (tertiary alicyclic amines) is 1. The van der Waals surface area contributed by atoms with Gasteiger partial charge >= 0.3 is 6.18 Å². The number of rotatable bonds is 5. The van der Waals surface area contributed by atoms with E-state index in [0.717, 1.165) is 43.1 Å². The molecular formula is C25H29F3N2O. The summed E-state index contributed by atoms with van der Waals surface area (Å²) in [6.07, 6.45) is -0.0206. The van der Waals surface area contributed by atoms with Gasteiger partial charge in [0.1, 0.15) is 0 Å². The number of carbonyl (C=O) groups is 1. The highest BCUT2D eigenvalue weighted by Gasteiger charge is 2.33. The molecule has 166 valence electrons. The van der Waals surface area contributed by atoms with Gasteiger partial charge in [-0.25, -0.2) is 0 Å². The molecular weight excluding hydrogens is 401 g/mol. The minimum absolute atomic E-state index is 0.0953. The molecule has 31 heavy (non-hydrogen) atoms. The second-order valence-electron chi connectivity index (χ2n) is 8.81. The third-order valence-corrected chi connectivity index (χ3v) is 6.54. The first-order valence-corrected chi connectivity index (χ1v) is 11.1. The van der Waals surface area contributed by atoms with Crippen LogP contribution in [0.15, 0.2) is 42.5 Å². The number of ketones is 1. The molecule has 0 N–H and O–H groups in total. The second kappa shape index (κ2) is 9.03. The molecule has 0 atom stereocenters. The summed E-state index contributed by atoms with van der Waals surface area (Å²) in [4.78, 5) is 17.4. The molecule has 0 amide bonds. The molecule has 0 spiro atoms. The number of aryl methyl sites for hydroxylation is 1. The molecule has 4 rings (SSSR count). The molecule has 2 aliphatic rings. The molecule has 0 unspecified atom stereocenters. The summed E-state index contributed by atoms with van der Waals surface area (Å²) in [6, 6.07) is 11.9. The van der Waals surface area contributed by atoms with E-state index in [2.05, 4.69) is 4.90 Å². The van der Waals surface area contributed by atoms with Gasteiger partial charge in [0.25, 0.3) is 0 Å². The van der Waals surface area contributed by atoms with Crippen molar-refractivity contribution in [2.75, 3.05) is 31.1 Å². The fourth-order valence-corrected chi connectivity index (χ4v) is 4.71. The fourth-order valence-electron chi connectivity index (χ4n) is 4.71. The maximum absolute atomic E-state index is 13.6. The van der Waals surface area contributed by atoms with Crippen LogP contribution in [-0.4, -0.2) is 42.9 Å². The monoisotopic (exact) mass is 430 g/mol. The molecule has 2 aliphatic heterocycles. The van der Waals surface area contributed by atoms with Gasteiger partial charge in [0, 0.05) is 36.8 Å². The number of alkyl halides is 3. The normalized spacial score (nSPS) is 18.5. The number of anilines is 1. The average molecular weight is 431 g/mol. The van der Waals surface area contributed by atoms with E-state index in [1.165, 1.54) is 18.9 Å². The van der Waals surface area contributed by atoms with Crippen molar-refractivity contribution in [2.24, 2.45) is 0 Å². The summed E-state index contributed by atoms with van der Waals surface area (Å²) in [7, 11) is 0. The first-order chi connectivity index (χ1) is 14.8. The number of benzene rings is 2. The van der Waals surface area contributed by atoms with Gasteiger partial charge in [-0.05, 0) is 69.5 Å². The Labute approximate surface area is 181 Å². The van der Waals surface area contributed by atoms with Gasteiger partial charge in [0.15, 0.2) is 5.78 Å². The highest BCUT2D eigenvalue weighted by molar-refractivity contribution is 5.98. The summed E-state index contributed by atoms with van der Waals surface area (Å²) in [6.45, 7) is 5.65. The average Bonchev–Trinajstić information content (AvgIpc) is 3.29. The number of carbonyl (C=O) groups excluding carboxylic acids is 1. The predicted octanol–water partition coefficient (Wildman–Crippen LogP) is 5.50. The predicted molar refractivity (Wildman–Crippen MR) is 117 cm³/mol. The van der Waals surface area contributed by atoms with E-state index in [1.54, 1.807) is 6.07 Å². The molecule has 0 radical (unpaired) electrons. The Morgan fingerprint density at radius 1 is 0.968 bits per heavy atom. The summed E-state index contributed by atoms with van der Waals surface area (Å²) >= 11 is 0. The van der Waals surface area contributed by atoms with Crippen molar-refractivity contribution >= 4 is 11.5 Å². The van der Waals surface area contributed by atoms with E-state index < -0.39 is 11.7 Å². The molecule has 3 nitrogen and oxygen atoms in total. The van der Waals surface area contributed by atoms with Crippen molar-refractivity contribution in [2.45, 2.75) is 51.2 Å². The first kappa shape index (κ1) is 21.9. The third-order valence-electron chi connectivity index (χ3n) is 6.54. The van der Waals surface area contributed by atoms with E-state index in [0.29, 0.717) is 24.8 Å². The van der Waals surface area contributed by atoms with Gasteiger partial charge in [-0.15, -0.1) is 0 Å². The van der Waals surface area contributed by atoms with Gasteiger partial charge in [0.2, 0.25) is 0 Å². The van der Waals surface area contributed by atoms with Gasteiger partial charge in [0.05, 0.1) is 5.56 Å². The van der Waals surface area contributed by atoms with E-state index in [-0.39, 0.29) is 17.8 Å². The van der Waals surface area contributed by atoms with Gasteiger partial charge < -0.3 is 9.80 Å². The number of halogens is 3. The maximum atomic E-state index is 13.6. The fraction of sp³-hybridized carbons (Fsp3) is 0.480. The molecule has 0 bridgehead atoms. The zero-order valence-electron chi connectivity index (χ0n) is 17.9. The Hall–Kier alpha value is -2.34. The van der Waals surface area contributed by atoms with Crippen LogP contribution in [-0.2, 0) is 12.6 Å². The highest BCUT2D eigenvalue weighted by Crippen LogP contribution is 2.34. The van der Waals surface area contributed by atoms with Crippen LogP contribution in [0.4, 0.5) is 18.9 Å². The first-order valence-electron chi connectivity index (χ1n) is 11.1. The number of hydrogen-bond acceptors (Lipinski definition) is 3. The van der Waals surface area contributed by atoms with Crippen LogP contribution in [0.1, 0.15) is 52.7 Å². The van der Waals surface area contributed by atoms with Crippen molar-refractivity contribution in [3.05, 3.63) is 64.7 Å². The minimum Gasteiger partial charge on any atom is -0.371 e. The lowest BCUT2D eigenvalue weighted by atomic mass is 9.98. The van der Waals surface area contributed by atoms with Crippen LogP contribution < -0.4 is 4.90 Å². The van der Waals surface area contributed by atoms with Crippen molar-refractivity contribution in [1.82, 2.24) is 4.90 Å². The lowest BCUT2D eigenvalue weighted by molar-refractivity contribution is -0.137. The molecule has 0 aromatic heterocycles. The van der Waals surface area contributed by atoms with Crippen LogP contribution in [0.5, 0.6) is 0 Å². The number of piperidine rings is 1. The molecule has 2 aromatic rings. The van der Waals surface area contributed by atoms with Crippen molar-refractivity contribution < 1.29 is 18.0 Å². The topological polar surface area (TPSA) is 23.6 Å². The van der Waals surface area contributed by atoms with Gasteiger partial charge in [-0.1, -0.05) is 29.8 Å². The Morgan fingerprint density at radius 3 is 2.23 bits per heavy atom. The lowest BCUT2D eigenvalue weighted by Gasteiger charge is -2.38. The Morgan fingerprint density at radius 2 is 1.61 bits per heavy atom. The molecule has 2 aromatic carbocycles. The van der Waals surface area contributed by atoms with E-state index >= 15 is 0 Å². The second-order valence-corrected chi connectivity index (χ2v) is 8.81. The third kappa shape index (κ3) is 5.29. The Balaban J connectivity index is 1.53. The Kier molecular flexibility index (Phi) is 6.37. The van der Waals surface area contributed by atoms with Crippen molar-refractivity contribution in [3.8, 4) is 0 Å². The smallest absolute Gasteiger partial charge is 0.371 e. The zero-order valence-corrected chi connectivity index (χ0v) is 17.9. The summed E-state index contributed by atoms with van der Waals surface area (Å²) in [5.41, 5.74) is 1.77. The van der Waals surface area contributed by atoms with Crippen molar-refractivity contribution in [1.29, 1.82) is 0 Å². The van der Waals surface area contributed by atoms with E-state index in [9.17, 15) is 18.0 Å². The molecule has 2 fully saturated rings. The van der Waals surface area contributed by atoms with Crippen molar-refractivity contribution in [3.63, 3.8) is 0 Å². The van der Waals surface area contributed by atoms with Crippen LogP contribution in [0.25, 0.3) is 0 Å². The maximum Gasteiger partial charge on any atom is 0.416 e. The van der Waals surface area contributed by atoms with Crippen LogP contribution in [0, 0.1) is 6.92 Å². The zero-order chi connectivity index (χ0) is 22.0. The molecule has 0 saturated carbocycles. The van der Waals surface area contributed by atoms with E-state index in [1.807, 2.05) is 36.1 Å². The number of Topliss-reactive ketones (excluding diaryl/α,β-unsaturated/α-hetero) is 1. The minimum atomic E-state index is -4.48. The quantitative estimate of drug-likeness (QED) is 0.585. The molecule has 0 aliphatic carbocycles. The van der Waals surface area contributed by atoms with Crippen LogP contribution >= 0.6 is 0 Å². The number of hydrogen-bond donors (Lipinski definition) is 0. The lowest BCUT2D eigenvalue weighted by Crippen LogP contribution is -2.44. The summed E-state index contributed by atoms with van der Waals surface area (Å²) in [5.74, 6) is -0.289. The Bertz CT molecular complexity index is 909. The molecule has 2 heterocycles. The van der Waals surface area contributed by atoms with Crippen LogP contribution in [0.2, 0.25) is 0 Å². The largest absolute Gasteiger partial charge is 0.416 e. The molecule has 2 saturated heterocycles. The standard InChI is InChI=1S/C25H29F3N2O/c1-18-4-6-19(7-5-18)14-24(31)20-15-21(25(26,27)28)17-23(16-20)30-12-8-22(9-13-30)29-10-2-3-11-29/h4-7,15-17,22H,2-3,8-14H2,1H3. The van der Waals surface area contributed by atoms with E-state index in [4.69, 9.17) is 0 Å². The van der Waals surface area contributed by atoms with Gasteiger partial charge in [-0.2, -0.15) is 13.2 Å². The van der Waals surface area contributed by atoms with Gasteiger partial charge in [-0.3, -0.25) is 4.79 Å². The highest BCUT2D eigenvalue weighted by atomic mass is 19.4. The van der Waals surface area contributed by atoms with Crippen LogP contribution in [0.3, 0.4) is 0 Å². The summed E-state index contributed by atoms with van der Waals surface area (Å²) in [5, 5.41) is 0. The molecule has 6 heteroatoms.